The maximum absolute atomic E-state index is 12.9. The van der Waals surface area contributed by atoms with Gasteiger partial charge >= 0.3 is 12.1 Å². The maximum atomic E-state index is 12.9. The fourth-order valence-corrected chi connectivity index (χ4v) is 2.97. The molecule has 1 aromatic carbocycles. The Labute approximate surface area is 194 Å². The second kappa shape index (κ2) is 10.6. The number of carbonyl (C=O) groups excluding carboxylic acids is 2. The number of carbonyl (C=O) groups is 2. The van der Waals surface area contributed by atoms with E-state index in [1.54, 1.807) is 18.5 Å². The van der Waals surface area contributed by atoms with E-state index in [4.69, 9.17) is 4.74 Å². The number of methoxy groups -OCH3 is 1. The quantitative estimate of drug-likeness (QED) is 0.497. The Morgan fingerprint density at radius 2 is 1.85 bits per heavy atom. The van der Waals surface area contributed by atoms with Gasteiger partial charge < -0.3 is 15.2 Å². The number of fused-ring (bicyclic) bond motifs is 1. The molecule has 0 unspecified atom stereocenters. The summed E-state index contributed by atoms with van der Waals surface area (Å²) in [7, 11) is 1.16. The number of ether oxygens (including phenoxy) is 1. The van der Waals surface area contributed by atoms with Crippen LogP contribution in [-0.2, 0) is 17.5 Å². The number of nitrogens with zero attached hydrogens (tertiary/aromatic N) is 3. The van der Waals surface area contributed by atoms with Gasteiger partial charge in [-0.15, -0.1) is 0 Å². The number of aryl methyl sites for hydroxylation is 1. The monoisotopic (exact) mass is 480 g/mol. The number of anilines is 1. The molecule has 0 aliphatic heterocycles. The predicted molar refractivity (Wildman–Crippen MR) is 121 cm³/mol. The zero-order chi connectivity index (χ0) is 25.7. The molecule has 8 nitrogen and oxygen atoms in total. The van der Waals surface area contributed by atoms with Crippen LogP contribution >= 0.6 is 0 Å². The third-order valence-electron chi connectivity index (χ3n) is 4.64. The second-order valence-corrected chi connectivity index (χ2v) is 7.74. The minimum Gasteiger partial charge on any atom is -0.465 e. The number of hydrogen-bond donors (Lipinski definition) is 2. The first kappa shape index (κ1) is 26.8. The Morgan fingerprint density at radius 3 is 2.44 bits per heavy atom. The van der Waals surface area contributed by atoms with Gasteiger partial charge in [-0.3, -0.25) is 9.48 Å². The highest BCUT2D eigenvalue weighted by molar-refractivity contribution is 6.09. The van der Waals surface area contributed by atoms with E-state index in [2.05, 4.69) is 15.4 Å². The first-order valence-electron chi connectivity index (χ1n) is 10.5. The molecule has 34 heavy (non-hydrogen) atoms. The molecule has 184 valence electrons. The molecule has 0 atom stereocenters. The van der Waals surface area contributed by atoms with E-state index in [1.807, 2.05) is 13.8 Å². The second-order valence-electron chi connectivity index (χ2n) is 7.74. The first-order valence-corrected chi connectivity index (χ1v) is 10.5. The Balaban J connectivity index is 0.00000199. The summed E-state index contributed by atoms with van der Waals surface area (Å²) in [5, 5.41) is 17.2. The fourth-order valence-electron chi connectivity index (χ4n) is 2.97. The number of benzene rings is 1. The van der Waals surface area contributed by atoms with Crippen LogP contribution in [0.5, 0.6) is 0 Å². The van der Waals surface area contributed by atoms with Crippen molar-refractivity contribution in [3.8, 4) is 0 Å². The highest BCUT2D eigenvalue weighted by atomic mass is 19.4. The van der Waals surface area contributed by atoms with Gasteiger partial charge in [0.1, 0.15) is 11.4 Å². The molecule has 0 aliphatic carbocycles. The first-order chi connectivity index (χ1) is 15.9. The number of rotatable bonds is 6. The lowest BCUT2D eigenvalue weighted by Gasteiger charge is -2.17. The van der Waals surface area contributed by atoms with Crippen molar-refractivity contribution in [2.45, 2.75) is 52.4 Å². The minimum absolute atomic E-state index is 0.00895. The molecule has 3 aromatic rings. The fraction of sp³-hybridized carbons (Fsp3) is 0.391. The van der Waals surface area contributed by atoms with Gasteiger partial charge in [0.2, 0.25) is 0 Å². The molecule has 0 saturated carbocycles. The van der Waals surface area contributed by atoms with Crippen molar-refractivity contribution >= 4 is 28.5 Å². The van der Waals surface area contributed by atoms with Crippen molar-refractivity contribution in [2.75, 3.05) is 12.4 Å². The number of alkyl halides is 3. The average Bonchev–Trinajstić information content (AvgIpc) is 3.18. The molecule has 1 amide bonds. The van der Waals surface area contributed by atoms with Crippen LogP contribution in [0.3, 0.4) is 0 Å². The smallest absolute Gasteiger partial charge is 0.433 e. The summed E-state index contributed by atoms with van der Waals surface area (Å²) in [4.78, 5) is 28.2. The van der Waals surface area contributed by atoms with Crippen LogP contribution < -0.4 is 5.32 Å². The lowest BCUT2D eigenvalue weighted by atomic mass is 10.1. The van der Waals surface area contributed by atoms with Gasteiger partial charge in [-0.2, -0.15) is 18.3 Å². The standard InChI is InChI=1S/C21H21F3N4O4.C2H6/c1-20(2,31)7-8-28-16-10-13(19(30)32-3)15(9-12(16)11-25-28)27-18(29)14-5-4-6-17(26-14)21(22,23)24;1-2/h4-6,9-11,31H,7-8H2,1-3H3,(H,27,29);1-2H3. The van der Waals surface area contributed by atoms with Crippen molar-refractivity contribution < 1.29 is 32.6 Å². The molecule has 0 bridgehead atoms. The summed E-state index contributed by atoms with van der Waals surface area (Å²) in [5.41, 5.74) is -2.00. The molecule has 2 N–H and O–H groups in total. The average molecular weight is 480 g/mol. The van der Waals surface area contributed by atoms with Crippen molar-refractivity contribution in [1.82, 2.24) is 14.8 Å². The Kier molecular flexibility index (Phi) is 8.38. The summed E-state index contributed by atoms with van der Waals surface area (Å²) in [5.74, 6) is -1.68. The van der Waals surface area contributed by atoms with Crippen molar-refractivity contribution in [1.29, 1.82) is 0 Å². The van der Waals surface area contributed by atoms with Crippen LogP contribution in [0.2, 0.25) is 0 Å². The van der Waals surface area contributed by atoms with Gasteiger partial charge in [-0.1, -0.05) is 19.9 Å². The Hall–Kier alpha value is -3.47. The summed E-state index contributed by atoms with van der Waals surface area (Å²) in [6.07, 6.45) is -2.79. The molecule has 0 radical (unpaired) electrons. The molecule has 0 fully saturated rings. The van der Waals surface area contributed by atoms with Gasteiger partial charge in [0.25, 0.3) is 5.91 Å². The topological polar surface area (TPSA) is 106 Å². The summed E-state index contributed by atoms with van der Waals surface area (Å²) >= 11 is 0. The molecule has 0 aliphatic rings. The molecule has 2 heterocycles. The molecule has 0 spiro atoms. The van der Waals surface area contributed by atoms with Gasteiger partial charge in [-0.05, 0) is 44.5 Å². The summed E-state index contributed by atoms with van der Waals surface area (Å²) < 4.78 is 45.1. The van der Waals surface area contributed by atoms with Crippen LogP contribution in [0.25, 0.3) is 10.9 Å². The SMILES string of the molecule is CC.COC(=O)c1cc2c(cnn2CCC(C)(C)O)cc1NC(=O)c1cccc(C(F)(F)F)n1. The van der Waals surface area contributed by atoms with E-state index < -0.39 is 35.0 Å². The van der Waals surface area contributed by atoms with E-state index in [9.17, 15) is 27.9 Å². The number of aromatic nitrogens is 3. The normalized spacial score (nSPS) is 11.6. The maximum Gasteiger partial charge on any atom is 0.433 e. The van der Waals surface area contributed by atoms with Crippen molar-refractivity contribution in [3.05, 3.63) is 53.5 Å². The van der Waals surface area contributed by atoms with Crippen LogP contribution in [0.1, 0.15) is 60.7 Å². The van der Waals surface area contributed by atoms with E-state index in [0.717, 1.165) is 25.3 Å². The number of halogens is 3. The zero-order valence-electron chi connectivity index (χ0n) is 19.5. The molecule has 2 aromatic heterocycles. The molecule has 0 saturated heterocycles. The van der Waals surface area contributed by atoms with Crippen molar-refractivity contribution in [3.63, 3.8) is 0 Å². The predicted octanol–water partition coefficient (Wildman–Crippen LogP) is 4.68. The number of amides is 1. The van der Waals surface area contributed by atoms with Crippen molar-refractivity contribution in [2.24, 2.45) is 0 Å². The summed E-state index contributed by atoms with van der Waals surface area (Å²) in [6, 6.07) is 5.90. The van der Waals surface area contributed by atoms with Gasteiger partial charge in [0.15, 0.2) is 0 Å². The highest BCUT2D eigenvalue weighted by Crippen LogP contribution is 2.29. The summed E-state index contributed by atoms with van der Waals surface area (Å²) in [6.45, 7) is 7.69. The number of esters is 1. The Morgan fingerprint density at radius 1 is 1.18 bits per heavy atom. The van der Waals surface area contributed by atoms with E-state index in [0.29, 0.717) is 23.9 Å². The van der Waals surface area contributed by atoms with Gasteiger partial charge in [0.05, 0.1) is 35.7 Å². The van der Waals surface area contributed by atoms with Gasteiger partial charge in [0, 0.05) is 11.9 Å². The molecular weight excluding hydrogens is 453 g/mol. The third kappa shape index (κ3) is 6.53. The van der Waals surface area contributed by atoms with Gasteiger partial charge in [-0.25, -0.2) is 9.78 Å². The number of nitrogens with one attached hydrogen (secondary N) is 1. The van der Waals surface area contributed by atoms with Crippen LogP contribution in [0, 0.1) is 0 Å². The zero-order valence-corrected chi connectivity index (χ0v) is 19.5. The van der Waals surface area contributed by atoms with Crippen LogP contribution in [0.15, 0.2) is 36.5 Å². The lowest BCUT2D eigenvalue weighted by molar-refractivity contribution is -0.141. The molecule has 3 rings (SSSR count). The van der Waals surface area contributed by atoms with Crippen LogP contribution in [-0.4, -0.2) is 44.5 Å². The molecule has 11 heteroatoms. The largest absolute Gasteiger partial charge is 0.465 e. The number of pyridine rings is 1. The highest BCUT2D eigenvalue weighted by Gasteiger charge is 2.33. The third-order valence-corrected chi connectivity index (χ3v) is 4.64. The minimum atomic E-state index is -4.70. The lowest BCUT2D eigenvalue weighted by Crippen LogP contribution is -2.21. The number of aliphatic hydroxyl groups is 1. The Bertz CT molecular complexity index is 1170. The van der Waals surface area contributed by atoms with E-state index in [1.165, 1.54) is 18.3 Å². The van der Waals surface area contributed by atoms with Crippen LogP contribution in [0.4, 0.5) is 18.9 Å². The molecular formula is C23H27F3N4O4. The van der Waals surface area contributed by atoms with E-state index in [-0.39, 0.29) is 11.3 Å². The van der Waals surface area contributed by atoms with E-state index >= 15 is 0 Å². The number of hydrogen-bond acceptors (Lipinski definition) is 6.